The van der Waals surface area contributed by atoms with Crippen LogP contribution in [0.15, 0.2) is 30.7 Å². The molecule has 0 aromatic carbocycles. The molecule has 0 radical (unpaired) electrons. The van der Waals surface area contributed by atoms with Crippen LogP contribution in [0.4, 0.5) is 18.9 Å². The average Bonchev–Trinajstić information content (AvgIpc) is 3.34. The predicted molar refractivity (Wildman–Crippen MR) is 115 cm³/mol. The molecule has 34 heavy (non-hydrogen) atoms. The molecule has 12 heteroatoms. The van der Waals surface area contributed by atoms with Crippen LogP contribution in [0.25, 0.3) is 11.3 Å². The molecule has 180 valence electrons. The number of aryl methyl sites for hydroxylation is 1. The maximum Gasteiger partial charge on any atom is 0.408 e. The maximum absolute atomic E-state index is 13.3. The summed E-state index contributed by atoms with van der Waals surface area (Å²) in [7, 11) is 2.97. The Morgan fingerprint density at radius 3 is 2.56 bits per heavy atom. The van der Waals surface area contributed by atoms with Gasteiger partial charge in [-0.1, -0.05) is 0 Å². The Labute approximate surface area is 193 Å². The van der Waals surface area contributed by atoms with Gasteiger partial charge in [0.2, 0.25) is 0 Å². The van der Waals surface area contributed by atoms with Crippen LogP contribution in [-0.2, 0) is 11.3 Å². The van der Waals surface area contributed by atoms with E-state index in [1.165, 1.54) is 25.3 Å². The minimum atomic E-state index is -4.44. The molecule has 1 atom stereocenters. The zero-order chi connectivity index (χ0) is 24.6. The number of alkyl halides is 3. The molecular formula is C22H22F3N5O4. The second-order valence-corrected chi connectivity index (χ2v) is 7.51. The highest BCUT2D eigenvalue weighted by molar-refractivity contribution is 6.11. The number of fused-ring (bicyclic) bond motifs is 1. The third kappa shape index (κ3) is 4.28. The number of aromatic nitrogens is 4. The molecule has 0 saturated heterocycles. The van der Waals surface area contributed by atoms with Crippen molar-refractivity contribution in [3.8, 4) is 22.9 Å². The van der Waals surface area contributed by atoms with E-state index >= 15 is 0 Å². The Balaban J connectivity index is 1.77. The van der Waals surface area contributed by atoms with Gasteiger partial charge in [0.25, 0.3) is 11.8 Å². The van der Waals surface area contributed by atoms with Gasteiger partial charge < -0.3 is 14.2 Å². The van der Waals surface area contributed by atoms with E-state index in [0.717, 1.165) is 10.9 Å². The third-order valence-corrected chi connectivity index (χ3v) is 5.24. The first-order chi connectivity index (χ1) is 16.2. The van der Waals surface area contributed by atoms with Gasteiger partial charge in [-0.3, -0.25) is 14.4 Å². The highest BCUT2D eigenvalue weighted by atomic mass is 19.4. The number of hydrogen-bond acceptors (Lipinski definition) is 7. The summed E-state index contributed by atoms with van der Waals surface area (Å²) in [5, 5.41) is 3.75. The molecule has 4 heterocycles. The SMILES string of the molecule is CCOC1c2nc(-c3cnc(OC)c(OC)c3)cc(C)c2C(=O)N1c1cnn(CC(F)(F)F)c1. The van der Waals surface area contributed by atoms with Crippen molar-refractivity contribution in [1.82, 2.24) is 19.7 Å². The molecule has 3 aromatic rings. The number of nitrogens with zero attached hydrogens (tertiary/aromatic N) is 5. The first-order valence-electron chi connectivity index (χ1n) is 10.3. The topological polar surface area (TPSA) is 91.6 Å². The molecule has 1 aliphatic rings. The monoisotopic (exact) mass is 477 g/mol. The first-order valence-corrected chi connectivity index (χ1v) is 10.3. The van der Waals surface area contributed by atoms with Gasteiger partial charge in [0.05, 0.1) is 37.4 Å². The third-order valence-electron chi connectivity index (χ3n) is 5.24. The van der Waals surface area contributed by atoms with E-state index in [2.05, 4.69) is 15.1 Å². The van der Waals surface area contributed by atoms with Gasteiger partial charge in [0, 0.05) is 24.6 Å². The summed E-state index contributed by atoms with van der Waals surface area (Å²) in [5.74, 6) is 0.298. The van der Waals surface area contributed by atoms with E-state index in [9.17, 15) is 18.0 Å². The number of pyridine rings is 2. The van der Waals surface area contributed by atoms with E-state index in [-0.39, 0.29) is 12.3 Å². The molecule has 0 aliphatic carbocycles. The van der Waals surface area contributed by atoms with E-state index in [0.29, 0.717) is 39.7 Å². The van der Waals surface area contributed by atoms with Crippen molar-refractivity contribution < 1.29 is 32.2 Å². The Morgan fingerprint density at radius 1 is 1.15 bits per heavy atom. The summed E-state index contributed by atoms with van der Waals surface area (Å²) in [4.78, 5) is 23.5. The van der Waals surface area contributed by atoms with Gasteiger partial charge in [-0.05, 0) is 31.5 Å². The second kappa shape index (κ2) is 8.93. The summed E-state index contributed by atoms with van der Waals surface area (Å²) < 4.78 is 55.4. The molecule has 1 unspecified atom stereocenters. The van der Waals surface area contributed by atoms with Crippen molar-refractivity contribution in [1.29, 1.82) is 0 Å². The van der Waals surface area contributed by atoms with E-state index in [1.54, 1.807) is 32.2 Å². The van der Waals surface area contributed by atoms with Crippen LogP contribution in [-0.4, -0.2) is 52.7 Å². The molecule has 1 amide bonds. The van der Waals surface area contributed by atoms with Crippen LogP contribution in [0, 0.1) is 6.92 Å². The van der Waals surface area contributed by atoms with Crippen molar-refractivity contribution in [3.05, 3.63) is 47.5 Å². The fraction of sp³-hybridized carbons (Fsp3) is 0.364. The summed E-state index contributed by atoms with van der Waals surface area (Å²) in [5.41, 5.74) is 2.66. The molecule has 9 nitrogen and oxygen atoms in total. The van der Waals surface area contributed by atoms with Gasteiger partial charge in [0.15, 0.2) is 12.0 Å². The van der Waals surface area contributed by atoms with E-state index < -0.39 is 24.9 Å². The fourth-order valence-corrected chi connectivity index (χ4v) is 3.83. The summed E-state index contributed by atoms with van der Waals surface area (Å²) >= 11 is 0. The molecule has 0 spiro atoms. The largest absolute Gasteiger partial charge is 0.491 e. The van der Waals surface area contributed by atoms with Crippen LogP contribution in [0.2, 0.25) is 0 Å². The highest BCUT2D eigenvalue weighted by Gasteiger charge is 2.42. The molecule has 3 aromatic heterocycles. The molecular weight excluding hydrogens is 455 g/mol. The molecule has 0 saturated carbocycles. The summed E-state index contributed by atoms with van der Waals surface area (Å²) in [6.07, 6.45) is -1.43. The van der Waals surface area contributed by atoms with Crippen LogP contribution < -0.4 is 14.4 Å². The lowest BCUT2D eigenvalue weighted by molar-refractivity contribution is -0.142. The number of anilines is 1. The number of methoxy groups -OCH3 is 2. The first kappa shape index (κ1) is 23.5. The average molecular weight is 477 g/mol. The molecule has 0 fully saturated rings. The Hall–Kier alpha value is -3.67. The lowest BCUT2D eigenvalue weighted by Crippen LogP contribution is -2.29. The van der Waals surface area contributed by atoms with Crippen molar-refractivity contribution in [2.24, 2.45) is 0 Å². The van der Waals surface area contributed by atoms with Crippen molar-refractivity contribution in [2.75, 3.05) is 25.7 Å². The van der Waals surface area contributed by atoms with Gasteiger partial charge >= 0.3 is 6.18 Å². The van der Waals surface area contributed by atoms with Crippen LogP contribution in [0.1, 0.15) is 34.8 Å². The number of rotatable bonds is 7. The van der Waals surface area contributed by atoms with E-state index in [4.69, 9.17) is 14.2 Å². The van der Waals surface area contributed by atoms with Crippen molar-refractivity contribution in [2.45, 2.75) is 32.8 Å². The second-order valence-electron chi connectivity index (χ2n) is 7.51. The van der Waals surface area contributed by atoms with Crippen molar-refractivity contribution in [3.63, 3.8) is 0 Å². The Kier molecular flexibility index (Phi) is 6.17. The molecule has 0 bridgehead atoms. The smallest absolute Gasteiger partial charge is 0.408 e. The van der Waals surface area contributed by atoms with Crippen LogP contribution in [0.5, 0.6) is 11.6 Å². The molecule has 0 N–H and O–H groups in total. The van der Waals surface area contributed by atoms with Gasteiger partial charge in [-0.2, -0.15) is 18.3 Å². The van der Waals surface area contributed by atoms with Gasteiger partial charge in [-0.25, -0.2) is 9.97 Å². The number of carbonyl (C=O) groups excluding carboxylic acids is 1. The van der Waals surface area contributed by atoms with Crippen LogP contribution >= 0.6 is 0 Å². The molecule has 1 aliphatic heterocycles. The number of hydrogen-bond donors (Lipinski definition) is 0. The lowest BCUT2D eigenvalue weighted by Gasteiger charge is -2.23. The van der Waals surface area contributed by atoms with E-state index in [1.807, 2.05) is 0 Å². The number of ether oxygens (including phenoxy) is 3. The minimum absolute atomic E-state index is 0.180. The van der Waals surface area contributed by atoms with Gasteiger partial charge in [0.1, 0.15) is 12.2 Å². The quantitative estimate of drug-likeness (QED) is 0.509. The minimum Gasteiger partial charge on any atom is -0.491 e. The number of halogens is 3. The zero-order valence-electron chi connectivity index (χ0n) is 18.9. The predicted octanol–water partition coefficient (Wildman–Crippen LogP) is 3.92. The highest BCUT2D eigenvalue weighted by Crippen LogP contribution is 2.40. The van der Waals surface area contributed by atoms with Crippen molar-refractivity contribution >= 4 is 11.6 Å². The van der Waals surface area contributed by atoms with Gasteiger partial charge in [-0.15, -0.1) is 0 Å². The number of amides is 1. The standard InChI is InChI=1S/C22H22F3N5O4/c1-5-34-21-18-17(20(31)30(21)14-9-27-29(10-14)11-22(23,24)25)12(2)6-15(28-18)13-7-16(32-3)19(33-4)26-8-13/h6-10,21H,5,11H2,1-4H3. The maximum atomic E-state index is 13.3. The van der Waals surface area contributed by atoms with Crippen LogP contribution in [0.3, 0.4) is 0 Å². The Morgan fingerprint density at radius 2 is 1.91 bits per heavy atom. The normalized spacial score (nSPS) is 15.6. The zero-order valence-corrected chi connectivity index (χ0v) is 18.9. The fourth-order valence-electron chi connectivity index (χ4n) is 3.83. The number of carbonyl (C=O) groups is 1. The lowest BCUT2D eigenvalue weighted by atomic mass is 10.0. The summed E-state index contributed by atoms with van der Waals surface area (Å²) in [6.45, 7) is 2.49. The Bertz CT molecular complexity index is 1230. The molecule has 4 rings (SSSR count). The summed E-state index contributed by atoms with van der Waals surface area (Å²) in [6, 6.07) is 3.45.